The fourth-order valence-electron chi connectivity index (χ4n) is 1.29. The Morgan fingerprint density at radius 1 is 1.31 bits per heavy atom. The molecule has 0 amide bonds. The zero-order valence-electron chi connectivity index (χ0n) is 9.82. The summed E-state index contributed by atoms with van der Waals surface area (Å²) in [5.74, 6) is 1.24. The minimum Gasteiger partial charge on any atom is -0.481 e. The molecule has 0 aliphatic carbocycles. The van der Waals surface area contributed by atoms with E-state index in [-0.39, 0.29) is 0 Å². The van der Waals surface area contributed by atoms with Crippen LogP contribution in [0.15, 0.2) is 12.1 Å². The highest BCUT2D eigenvalue weighted by Gasteiger charge is 2.02. The number of hydrogen-bond acceptors (Lipinski definition) is 5. The lowest BCUT2D eigenvalue weighted by Gasteiger charge is -2.09. The van der Waals surface area contributed by atoms with E-state index in [1.54, 1.807) is 26.4 Å². The molecule has 0 saturated carbocycles. The number of nitrogens with two attached hydrogens (primary N) is 1. The van der Waals surface area contributed by atoms with Crippen LogP contribution in [0.2, 0.25) is 0 Å². The van der Waals surface area contributed by atoms with E-state index >= 15 is 0 Å². The van der Waals surface area contributed by atoms with Crippen molar-refractivity contribution in [2.24, 2.45) is 0 Å². The predicted molar refractivity (Wildman–Crippen MR) is 64.8 cm³/mol. The highest BCUT2D eigenvalue weighted by molar-refractivity contribution is 5.61. The van der Waals surface area contributed by atoms with Gasteiger partial charge in [0.25, 0.3) is 0 Å². The minimum atomic E-state index is 0.564. The Bertz CT molecular complexity index is 318. The van der Waals surface area contributed by atoms with Gasteiger partial charge in [0.1, 0.15) is 0 Å². The summed E-state index contributed by atoms with van der Waals surface area (Å²) in [5, 5.41) is 3.17. The van der Waals surface area contributed by atoms with Crippen LogP contribution < -0.4 is 15.8 Å². The molecule has 5 heteroatoms. The maximum atomic E-state index is 5.78. The van der Waals surface area contributed by atoms with Gasteiger partial charge in [-0.3, -0.25) is 0 Å². The van der Waals surface area contributed by atoms with Gasteiger partial charge in [-0.25, -0.2) is 0 Å². The number of hydrogen-bond donors (Lipinski definition) is 2. The molecule has 90 valence electrons. The molecule has 0 unspecified atom stereocenters. The van der Waals surface area contributed by atoms with Crippen LogP contribution in [0.5, 0.6) is 5.88 Å². The van der Waals surface area contributed by atoms with Crippen molar-refractivity contribution in [3.05, 3.63) is 12.1 Å². The Balaban J connectivity index is 2.40. The average molecular weight is 225 g/mol. The van der Waals surface area contributed by atoms with Gasteiger partial charge in [-0.2, -0.15) is 4.98 Å². The van der Waals surface area contributed by atoms with E-state index in [2.05, 4.69) is 10.3 Å². The van der Waals surface area contributed by atoms with Crippen LogP contribution in [0.3, 0.4) is 0 Å². The van der Waals surface area contributed by atoms with Gasteiger partial charge in [0.15, 0.2) is 5.82 Å². The molecule has 0 aliphatic heterocycles. The molecule has 0 atom stereocenters. The molecule has 0 fully saturated rings. The number of nitrogen functional groups attached to an aromatic ring is 1. The molecular formula is C11H19N3O2. The van der Waals surface area contributed by atoms with E-state index < -0.39 is 0 Å². The normalized spacial score (nSPS) is 10.1. The average Bonchev–Trinajstić information content (AvgIpc) is 2.31. The number of unbranched alkanes of at least 4 members (excludes halogenated alkanes) is 1. The zero-order chi connectivity index (χ0) is 11.8. The summed E-state index contributed by atoms with van der Waals surface area (Å²) in [5.41, 5.74) is 6.41. The number of rotatable bonds is 7. The lowest BCUT2D eigenvalue weighted by Crippen LogP contribution is -2.07. The van der Waals surface area contributed by atoms with E-state index in [9.17, 15) is 0 Å². The molecule has 0 aliphatic rings. The highest BCUT2D eigenvalue weighted by atomic mass is 16.5. The first-order chi connectivity index (χ1) is 7.77. The van der Waals surface area contributed by atoms with Gasteiger partial charge in [-0.1, -0.05) is 0 Å². The Morgan fingerprint density at radius 2 is 2.12 bits per heavy atom. The number of aromatic nitrogens is 1. The molecule has 16 heavy (non-hydrogen) atoms. The molecule has 5 nitrogen and oxygen atoms in total. The van der Waals surface area contributed by atoms with Gasteiger partial charge in [-0.15, -0.1) is 0 Å². The first-order valence-corrected chi connectivity index (χ1v) is 5.31. The van der Waals surface area contributed by atoms with Crippen molar-refractivity contribution in [2.45, 2.75) is 12.8 Å². The quantitative estimate of drug-likeness (QED) is 0.688. The predicted octanol–water partition coefficient (Wildman–Crippen LogP) is 1.51. The molecule has 0 bridgehead atoms. The van der Waals surface area contributed by atoms with Gasteiger partial charge in [0.2, 0.25) is 5.88 Å². The summed E-state index contributed by atoms with van der Waals surface area (Å²) in [6, 6.07) is 3.52. The van der Waals surface area contributed by atoms with Crippen molar-refractivity contribution >= 4 is 11.5 Å². The number of pyridine rings is 1. The minimum absolute atomic E-state index is 0.564. The summed E-state index contributed by atoms with van der Waals surface area (Å²) < 4.78 is 9.99. The first-order valence-electron chi connectivity index (χ1n) is 5.31. The number of anilines is 2. The monoisotopic (exact) mass is 225 g/mol. The van der Waals surface area contributed by atoms with Crippen molar-refractivity contribution in [1.29, 1.82) is 0 Å². The molecule has 3 N–H and O–H groups in total. The van der Waals surface area contributed by atoms with Gasteiger partial charge in [-0.05, 0) is 18.9 Å². The first kappa shape index (κ1) is 12.6. The summed E-state index contributed by atoms with van der Waals surface area (Å²) >= 11 is 0. The maximum Gasteiger partial charge on any atom is 0.215 e. The van der Waals surface area contributed by atoms with E-state index in [1.807, 2.05) is 0 Å². The molecular weight excluding hydrogens is 206 g/mol. The summed E-state index contributed by atoms with van der Waals surface area (Å²) in [6.45, 7) is 1.61. The van der Waals surface area contributed by atoms with Crippen LogP contribution in [0.1, 0.15) is 12.8 Å². The van der Waals surface area contributed by atoms with Crippen LogP contribution in [0.25, 0.3) is 0 Å². The van der Waals surface area contributed by atoms with Gasteiger partial charge >= 0.3 is 0 Å². The van der Waals surface area contributed by atoms with Crippen molar-refractivity contribution in [1.82, 2.24) is 4.98 Å². The standard InChI is InChI=1S/C11H19N3O2/c1-15-8-4-3-7-13-11-9(12)5-6-10(14-11)16-2/h5-6H,3-4,7-8,12H2,1-2H3,(H,13,14). The largest absolute Gasteiger partial charge is 0.481 e. The SMILES string of the molecule is COCCCCNc1nc(OC)ccc1N. The van der Waals surface area contributed by atoms with Crippen molar-refractivity contribution < 1.29 is 9.47 Å². The van der Waals surface area contributed by atoms with Crippen LogP contribution in [0.4, 0.5) is 11.5 Å². The van der Waals surface area contributed by atoms with Crippen LogP contribution in [0, 0.1) is 0 Å². The third-order valence-corrected chi connectivity index (χ3v) is 2.18. The van der Waals surface area contributed by atoms with Crippen LogP contribution in [-0.2, 0) is 4.74 Å². The third-order valence-electron chi connectivity index (χ3n) is 2.18. The lowest BCUT2D eigenvalue weighted by molar-refractivity contribution is 0.194. The van der Waals surface area contributed by atoms with E-state index in [0.29, 0.717) is 17.4 Å². The summed E-state index contributed by atoms with van der Waals surface area (Å²) in [6.07, 6.45) is 2.04. The van der Waals surface area contributed by atoms with Crippen molar-refractivity contribution in [3.8, 4) is 5.88 Å². The summed E-state index contributed by atoms with van der Waals surface area (Å²) in [4.78, 5) is 4.22. The Labute approximate surface area is 96.0 Å². The molecule has 0 saturated heterocycles. The molecule has 0 aromatic carbocycles. The van der Waals surface area contributed by atoms with Gasteiger partial charge in [0, 0.05) is 26.3 Å². The third kappa shape index (κ3) is 3.94. The smallest absolute Gasteiger partial charge is 0.215 e. The van der Waals surface area contributed by atoms with Crippen molar-refractivity contribution in [3.63, 3.8) is 0 Å². The topological polar surface area (TPSA) is 69.4 Å². The molecule has 0 radical (unpaired) electrons. The summed E-state index contributed by atoms with van der Waals surface area (Å²) in [7, 11) is 3.29. The molecule has 1 heterocycles. The zero-order valence-corrected chi connectivity index (χ0v) is 9.82. The Kier molecular flexibility index (Phi) is 5.42. The van der Waals surface area contributed by atoms with E-state index in [1.165, 1.54) is 0 Å². The molecule has 1 aromatic rings. The number of ether oxygens (including phenoxy) is 2. The van der Waals surface area contributed by atoms with Gasteiger partial charge < -0.3 is 20.5 Å². The molecule has 1 rings (SSSR count). The lowest BCUT2D eigenvalue weighted by atomic mass is 10.3. The van der Waals surface area contributed by atoms with E-state index in [4.69, 9.17) is 15.2 Å². The van der Waals surface area contributed by atoms with Crippen molar-refractivity contribution in [2.75, 3.05) is 38.4 Å². The van der Waals surface area contributed by atoms with Gasteiger partial charge in [0.05, 0.1) is 12.8 Å². The highest BCUT2D eigenvalue weighted by Crippen LogP contribution is 2.19. The molecule has 0 spiro atoms. The second-order valence-electron chi connectivity index (χ2n) is 3.42. The fraction of sp³-hybridized carbons (Fsp3) is 0.545. The number of nitrogens with one attached hydrogen (secondary N) is 1. The number of methoxy groups -OCH3 is 2. The molecule has 1 aromatic heterocycles. The fourth-order valence-corrected chi connectivity index (χ4v) is 1.29. The number of nitrogens with zero attached hydrogens (tertiary/aromatic N) is 1. The Morgan fingerprint density at radius 3 is 2.81 bits per heavy atom. The Hall–Kier alpha value is -1.49. The second kappa shape index (κ2) is 6.90. The second-order valence-corrected chi connectivity index (χ2v) is 3.42. The van der Waals surface area contributed by atoms with E-state index in [0.717, 1.165) is 26.0 Å². The maximum absolute atomic E-state index is 5.78. The van der Waals surface area contributed by atoms with Crippen LogP contribution in [-0.4, -0.2) is 32.4 Å². The van der Waals surface area contributed by atoms with Crippen LogP contribution >= 0.6 is 0 Å².